The third-order valence-corrected chi connectivity index (χ3v) is 3.91. The Morgan fingerprint density at radius 1 is 1.39 bits per heavy atom. The maximum atomic E-state index is 4.64. The van der Waals surface area contributed by atoms with E-state index >= 15 is 0 Å². The highest BCUT2D eigenvalue weighted by atomic mass is 32.1. The molecule has 0 aliphatic carbocycles. The van der Waals surface area contributed by atoms with Gasteiger partial charge in [0.25, 0.3) is 0 Å². The number of nitrogens with zero attached hydrogens (tertiary/aromatic N) is 2. The second-order valence-electron chi connectivity index (χ2n) is 4.82. The van der Waals surface area contributed by atoms with Gasteiger partial charge in [-0.2, -0.15) is 0 Å². The fraction of sp³-hybridized carbons (Fsp3) is 0.500. The minimum absolute atomic E-state index is 0.491. The quantitative estimate of drug-likeness (QED) is 0.894. The minimum Gasteiger partial charge on any atom is -0.362 e. The van der Waals surface area contributed by atoms with Crippen LogP contribution < -0.4 is 5.32 Å². The molecule has 0 aliphatic heterocycles. The van der Waals surface area contributed by atoms with Crippen molar-refractivity contribution in [2.24, 2.45) is 0 Å². The molecule has 0 atom stereocenters. The van der Waals surface area contributed by atoms with Crippen LogP contribution in [0.5, 0.6) is 0 Å². The van der Waals surface area contributed by atoms with Crippen LogP contribution in [0.2, 0.25) is 0 Å². The van der Waals surface area contributed by atoms with Gasteiger partial charge in [-0.3, -0.25) is 0 Å². The van der Waals surface area contributed by atoms with Crippen LogP contribution in [-0.4, -0.2) is 16.1 Å². The van der Waals surface area contributed by atoms with Crippen LogP contribution in [0.1, 0.15) is 38.2 Å². The minimum atomic E-state index is 0.491. The van der Waals surface area contributed by atoms with Gasteiger partial charge in [0.15, 0.2) is 5.13 Å². The number of aryl methyl sites for hydroxylation is 1. The first-order chi connectivity index (χ1) is 8.54. The van der Waals surface area contributed by atoms with Crippen LogP contribution in [0.4, 0.5) is 5.13 Å². The zero-order valence-electron chi connectivity index (χ0n) is 11.7. The zero-order valence-corrected chi connectivity index (χ0v) is 12.6. The van der Waals surface area contributed by atoms with Gasteiger partial charge in [-0.25, -0.2) is 4.98 Å². The van der Waals surface area contributed by atoms with Gasteiger partial charge in [0.1, 0.15) is 0 Å². The number of rotatable bonds is 4. The predicted molar refractivity (Wildman–Crippen MR) is 79.6 cm³/mol. The van der Waals surface area contributed by atoms with E-state index in [1.807, 2.05) is 0 Å². The van der Waals surface area contributed by atoms with Crippen molar-refractivity contribution in [1.29, 1.82) is 0 Å². The predicted octanol–water partition coefficient (Wildman–Crippen LogP) is 4.24. The first-order valence-electron chi connectivity index (χ1n) is 6.42. The summed E-state index contributed by atoms with van der Waals surface area (Å²) < 4.78 is 2.36. The van der Waals surface area contributed by atoms with Crippen LogP contribution in [0, 0.1) is 13.8 Å². The molecule has 0 spiro atoms. The van der Waals surface area contributed by atoms with E-state index < -0.39 is 0 Å². The summed E-state index contributed by atoms with van der Waals surface area (Å²) in [5.41, 5.74) is 4.93. The summed E-state index contributed by atoms with van der Waals surface area (Å²) in [5, 5.41) is 6.39. The van der Waals surface area contributed by atoms with E-state index in [1.165, 1.54) is 17.0 Å². The Hall–Kier alpha value is -1.29. The van der Waals surface area contributed by atoms with E-state index in [-0.39, 0.29) is 0 Å². The second kappa shape index (κ2) is 5.14. The van der Waals surface area contributed by atoms with Gasteiger partial charge in [0.05, 0.1) is 5.69 Å². The second-order valence-corrected chi connectivity index (χ2v) is 5.67. The lowest BCUT2D eigenvalue weighted by Gasteiger charge is -2.13. The molecule has 0 aliphatic rings. The molecular formula is C14H21N3S. The third kappa shape index (κ3) is 2.29. The largest absolute Gasteiger partial charge is 0.362 e. The molecule has 0 saturated heterocycles. The first-order valence-corrected chi connectivity index (χ1v) is 7.30. The molecule has 2 aromatic rings. The average molecular weight is 263 g/mol. The Labute approximate surface area is 113 Å². The van der Waals surface area contributed by atoms with E-state index in [1.54, 1.807) is 11.3 Å². The van der Waals surface area contributed by atoms with Gasteiger partial charge in [0, 0.05) is 34.9 Å². The van der Waals surface area contributed by atoms with Gasteiger partial charge < -0.3 is 9.88 Å². The Morgan fingerprint density at radius 2 is 2.11 bits per heavy atom. The van der Waals surface area contributed by atoms with E-state index in [2.05, 4.69) is 60.9 Å². The number of hydrogen-bond acceptors (Lipinski definition) is 3. The summed E-state index contributed by atoms with van der Waals surface area (Å²) in [7, 11) is 0. The number of aromatic nitrogens is 2. The van der Waals surface area contributed by atoms with Gasteiger partial charge in [-0.15, -0.1) is 11.3 Å². The number of hydrogen-bond donors (Lipinski definition) is 1. The summed E-state index contributed by atoms with van der Waals surface area (Å²) >= 11 is 1.67. The highest BCUT2D eigenvalue weighted by molar-refractivity contribution is 7.14. The van der Waals surface area contributed by atoms with Crippen molar-refractivity contribution >= 4 is 16.5 Å². The van der Waals surface area contributed by atoms with Gasteiger partial charge in [-0.05, 0) is 40.7 Å². The molecule has 4 heteroatoms. The van der Waals surface area contributed by atoms with E-state index in [0.29, 0.717) is 6.04 Å². The van der Waals surface area contributed by atoms with Gasteiger partial charge >= 0.3 is 0 Å². The monoisotopic (exact) mass is 263 g/mol. The Morgan fingerprint density at radius 3 is 2.67 bits per heavy atom. The van der Waals surface area contributed by atoms with Crippen molar-refractivity contribution < 1.29 is 0 Å². The number of nitrogens with one attached hydrogen (secondary N) is 1. The summed E-state index contributed by atoms with van der Waals surface area (Å²) in [6.45, 7) is 11.8. The molecule has 0 saturated carbocycles. The molecule has 0 aromatic carbocycles. The first kappa shape index (κ1) is 13.1. The molecule has 0 fully saturated rings. The van der Waals surface area contributed by atoms with Crippen molar-refractivity contribution in [3.63, 3.8) is 0 Å². The zero-order chi connectivity index (χ0) is 13.3. The molecule has 0 amide bonds. The van der Waals surface area contributed by atoms with E-state index in [9.17, 15) is 0 Å². The highest BCUT2D eigenvalue weighted by Crippen LogP contribution is 2.31. The normalized spacial score (nSPS) is 11.2. The molecule has 1 N–H and O–H groups in total. The lowest BCUT2D eigenvalue weighted by Crippen LogP contribution is -2.04. The lowest BCUT2D eigenvalue weighted by molar-refractivity contribution is 0.575. The van der Waals surface area contributed by atoms with Crippen molar-refractivity contribution in [1.82, 2.24) is 9.55 Å². The summed E-state index contributed by atoms with van der Waals surface area (Å²) in [5.74, 6) is 0. The molecule has 18 heavy (non-hydrogen) atoms. The van der Waals surface area contributed by atoms with Gasteiger partial charge in [-0.1, -0.05) is 0 Å². The fourth-order valence-electron chi connectivity index (χ4n) is 2.46. The molecule has 2 rings (SSSR count). The van der Waals surface area contributed by atoms with Crippen LogP contribution in [-0.2, 0) is 0 Å². The summed E-state index contributed by atoms with van der Waals surface area (Å²) in [6.07, 6.45) is 0. The van der Waals surface area contributed by atoms with E-state index in [0.717, 1.165) is 17.4 Å². The molecule has 3 nitrogen and oxygen atoms in total. The highest BCUT2D eigenvalue weighted by Gasteiger charge is 2.14. The molecule has 2 heterocycles. The van der Waals surface area contributed by atoms with Crippen molar-refractivity contribution in [3.05, 3.63) is 22.8 Å². The fourth-order valence-corrected chi connectivity index (χ4v) is 3.24. The molecule has 2 aromatic heterocycles. The van der Waals surface area contributed by atoms with Crippen molar-refractivity contribution in [2.75, 3.05) is 11.9 Å². The number of anilines is 1. The topological polar surface area (TPSA) is 29.9 Å². The lowest BCUT2D eigenvalue weighted by atomic mass is 10.2. The Bertz CT molecular complexity index is 537. The molecule has 98 valence electrons. The van der Waals surface area contributed by atoms with Crippen LogP contribution >= 0.6 is 11.3 Å². The third-order valence-electron chi connectivity index (χ3n) is 3.11. The Balaban J connectivity index is 2.41. The Kier molecular flexibility index (Phi) is 3.76. The molecule has 0 unspecified atom stereocenters. The smallest absolute Gasteiger partial charge is 0.183 e. The molecule has 0 bridgehead atoms. The van der Waals surface area contributed by atoms with Gasteiger partial charge in [0.2, 0.25) is 0 Å². The van der Waals surface area contributed by atoms with Crippen LogP contribution in [0.15, 0.2) is 11.4 Å². The van der Waals surface area contributed by atoms with Crippen molar-refractivity contribution in [2.45, 2.75) is 40.7 Å². The van der Waals surface area contributed by atoms with Crippen molar-refractivity contribution in [3.8, 4) is 11.3 Å². The van der Waals surface area contributed by atoms with Crippen LogP contribution in [0.3, 0.4) is 0 Å². The summed E-state index contributed by atoms with van der Waals surface area (Å²) in [4.78, 5) is 4.64. The maximum Gasteiger partial charge on any atom is 0.183 e. The standard InChI is InChI=1S/C14H21N3S/c1-6-15-14-16-13(8-18-14)12-7-10(4)17(9(2)3)11(12)5/h7-9H,6H2,1-5H3,(H,15,16). The molecule has 0 radical (unpaired) electrons. The van der Waals surface area contributed by atoms with E-state index in [4.69, 9.17) is 0 Å². The SMILES string of the molecule is CCNc1nc(-c2cc(C)n(C(C)C)c2C)cs1. The number of thiazole rings is 1. The maximum absolute atomic E-state index is 4.64. The molecular weight excluding hydrogens is 242 g/mol. The average Bonchev–Trinajstić information content (AvgIpc) is 2.84. The summed E-state index contributed by atoms with van der Waals surface area (Å²) in [6, 6.07) is 2.73. The van der Waals surface area contributed by atoms with Crippen LogP contribution in [0.25, 0.3) is 11.3 Å².